The van der Waals surface area contributed by atoms with Crippen molar-refractivity contribution in [2.75, 3.05) is 52.5 Å². The van der Waals surface area contributed by atoms with Crippen LogP contribution in [-0.2, 0) is 28.6 Å². The topological polar surface area (TPSA) is 228 Å². The lowest BCUT2D eigenvalue weighted by atomic mass is 9.81. The number of carboxylic acid groups (broad SMARTS) is 1. The van der Waals surface area contributed by atoms with Crippen LogP contribution in [0.5, 0.6) is 5.75 Å². The number of phenolic OH excluding ortho intramolecular Hbond substituents is 1. The van der Waals surface area contributed by atoms with E-state index < -0.39 is 72.3 Å². The number of nitrogens with zero attached hydrogens (tertiary/aromatic N) is 2. The number of aliphatic carboxylic acids is 1. The van der Waals surface area contributed by atoms with E-state index >= 15 is 0 Å². The SMILES string of the molecule is CC(=O)N[C@H]1[C@H]([C@H](O)[C@H](O)CNC(=O)c2cc(C)c(O)c(C)c2)O[C@@](CCN2CCOC[C@@]23CCN(C(=O)COC2CCCC2)C3)(C(=O)O)C[C@@H]1O. The number of benzene rings is 1. The van der Waals surface area contributed by atoms with E-state index in [4.69, 9.17) is 14.2 Å². The zero-order valence-electron chi connectivity index (χ0n) is 30.2. The van der Waals surface area contributed by atoms with Gasteiger partial charge >= 0.3 is 5.97 Å². The third-order valence-electron chi connectivity index (χ3n) is 11.1. The molecule has 16 nitrogen and oxygen atoms in total. The summed E-state index contributed by atoms with van der Waals surface area (Å²) >= 11 is 0. The summed E-state index contributed by atoms with van der Waals surface area (Å²) in [6, 6.07) is 1.67. The fourth-order valence-corrected chi connectivity index (χ4v) is 8.10. The minimum Gasteiger partial charge on any atom is -0.507 e. The molecule has 7 N–H and O–H groups in total. The average molecular weight is 735 g/mol. The van der Waals surface area contributed by atoms with E-state index in [2.05, 4.69) is 15.5 Å². The Kier molecular flexibility index (Phi) is 12.8. The molecule has 3 amide bonds. The number of nitrogens with one attached hydrogen (secondary N) is 2. The lowest BCUT2D eigenvalue weighted by Crippen LogP contribution is -2.68. The highest BCUT2D eigenvalue weighted by Gasteiger charge is 2.55. The first-order valence-corrected chi connectivity index (χ1v) is 18.2. The quantitative estimate of drug-likeness (QED) is 0.137. The molecule has 0 unspecified atom stereocenters. The zero-order valence-corrected chi connectivity index (χ0v) is 30.2. The van der Waals surface area contributed by atoms with Crippen molar-refractivity contribution in [2.45, 2.75) is 113 Å². The molecule has 0 radical (unpaired) electrons. The first-order chi connectivity index (χ1) is 24.6. The minimum absolute atomic E-state index is 0.0142. The fourth-order valence-electron chi connectivity index (χ4n) is 8.10. The van der Waals surface area contributed by atoms with E-state index in [1.165, 1.54) is 19.1 Å². The Balaban J connectivity index is 1.27. The van der Waals surface area contributed by atoms with Gasteiger partial charge in [-0.05, 0) is 56.4 Å². The van der Waals surface area contributed by atoms with Crippen LogP contribution in [0.4, 0.5) is 0 Å². The molecule has 290 valence electrons. The van der Waals surface area contributed by atoms with Crippen molar-refractivity contribution in [3.05, 3.63) is 28.8 Å². The molecule has 52 heavy (non-hydrogen) atoms. The highest BCUT2D eigenvalue weighted by atomic mass is 16.6. The summed E-state index contributed by atoms with van der Waals surface area (Å²) < 4.78 is 17.9. The molecule has 5 rings (SSSR count). The van der Waals surface area contributed by atoms with Crippen molar-refractivity contribution in [3.63, 3.8) is 0 Å². The van der Waals surface area contributed by atoms with Crippen molar-refractivity contribution in [3.8, 4) is 5.75 Å². The monoisotopic (exact) mass is 734 g/mol. The van der Waals surface area contributed by atoms with Crippen LogP contribution in [0.2, 0.25) is 0 Å². The molecular weight excluding hydrogens is 680 g/mol. The van der Waals surface area contributed by atoms with Crippen molar-refractivity contribution >= 4 is 23.7 Å². The van der Waals surface area contributed by atoms with Gasteiger partial charge in [-0.15, -0.1) is 0 Å². The predicted octanol–water partition coefficient (Wildman–Crippen LogP) is -0.409. The third-order valence-corrected chi connectivity index (χ3v) is 11.1. The average Bonchev–Trinajstić information content (AvgIpc) is 3.79. The summed E-state index contributed by atoms with van der Waals surface area (Å²) in [5.41, 5.74) is -1.41. The van der Waals surface area contributed by atoms with Crippen LogP contribution in [0, 0.1) is 13.8 Å². The van der Waals surface area contributed by atoms with E-state index in [0.29, 0.717) is 50.4 Å². The maximum absolute atomic E-state index is 13.1. The number of hydrogen-bond donors (Lipinski definition) is 7. The number of aliphatic hydroxyl groups is 3. The molecule has 4 aliphatic rings. The van der Waals surface area contributed by atoms with Crippen LogP contribution < -0.4 is 10.6 Å². The van der Waals surface area contributed by atoms with Gasteiger partial charge in [-0.25, -0.2) is 4.79 Å². The normalized spacial score (nSPS) is 29.6. The van der Waals surface area contributed by atoms with Gasteiger partial charge in [0.1, 0.15) is 24.6 Å². The van der Waals surface area contributed by atoms with Gasteiger partial charge in [0.25, 0.3) is 5.91 Å². The Bertz CT molecular complexity index is 1450. The smallest absolute Gasteiger partial charge is 0.336 e. The molecule has 3 aliphatic heterocycles. The summed E-state index contributed by atoms with van der Waals surface area (Å²) in [5, 5.41) is 59.3. The second kappa shape index (κ2) is 16.7. The molecule has 3 heterocycles. The molecule has 1 aromatic rings. The second-order valence-corrected chi connectivity index (χ2v) is 14.9. The molecule has 0 bridgehead atoms. The van der Waals surface area contributed by atoms with Gasteiger partial charge in [-0.3, -0.25) is 19.3 Å². The van der Waals surface area contributed by atoms with Crippen molar-refractivity contribution < 1.29 is 58.9 Å². The van der Waals surface area contributed by atoms with Crippen LogP contribution >= 0.6 is 0 Å². The molecule has 7 atom stereocenters. The van der Waals surface area contributed by atoms with Gasteiger partial charge < -0.3 is 55.3 Å². The largest absolute Gasteiger partial charge is 0.507 e. The Morgan fingerprint density at radius 3 is 2.44 bits per heavy atom. The number of aliphatic hydroxyl groups excluding tert-OH is 3. The molecule has 1 spiro atoms. The van der Waals surface area contributed by atoms with Gasteiger partial charge in [0, 0.05) is 58.1 Å². The number of ether oxygens (including phenoxy) is 3. The lowest BCUT2D eigenvalue weighted by Gasteiger charge is -2.49. The molecule has 1 aromatic carbocycles. The van der Waals surface area contributed by atoms with Gasteiger partial charge in [0.15, 0.2) is 5.60 Å². The van der Waals surface area contributed by atoms with Gasteiger partial charge in [0.05, 0.1) is 43.1 Å². The van der Waals surface area contributed by atoms with Crippen LogP contribution in [0.15, 0.2) is 12.1 Å². The standard InChI is InChI=1S/C36H54N4O12/c1-21-14-24(15-22(2)30(21)45)33(47)37-17-27(43)31(46)32-29(38-23(3)41)26(42)16-36(52-32,34(48)49)9-11-40-12-13-50-20-35(40)8-10-39(19-35)28(44)18-51-25-6-4-5-7-25/h14-15,25-27,29,31-32,42-43,45-46H,4-13,16-20H2,1-3H3,(H,37,47)(H,38,41)(H,48,49)/t26-,27+,29+,31+,32+,35-,36+/m0/s1. The Morgan fingerprint density at radius 1 is 1.10 bits per heavy atom. The number of hydrogen-bond acceptors (Lipinski definition) is 12. The van der Waals surface area contributed by atoms with Crippen LogP contribution in [0.1, 0.15) is 73.4 Å². The molecular formula is C36H54N4O12. The summed E-state index contributed by atoms with van der Waals surface area (Å²) in [6.45, 7) is 6.30. The minimum atomic E-state index is -2.02. The summed E-state index contributed by atoms with van der Waals surface area (Å²) in [7, 11) is 0. The Morgan fingerprint density at radius 2 is 1.79 bits per heavy atom. The highest BCUT2D eigenvalue weighted by molar-refractivity contribution is 5.95. The Hall–Kier alpha value is -3.38. The van der Waals surface area contributed by atoms with Gasteiger partial charge in [-0.2, -0.15) is 0 Å². The van der Waals surface area contributed by atoms with E-state index in [1.807, 2.05) is 0 Å². The van der Waals surface area contributed by atoms with Gasteiger partial charge in [0.2, 0.25) is 11.8 Å². The van der Waals surface area contributed by atoms with Crippen LogP contribution in [-0.4, -0.2) is 159 Å². The maximum Gasteiger partial charge on any atom is 0.336 e. The van der Waals surface area contributed by atoms with Crippen molar-refractivity contribution in [1.82, 2.24) is 20.4 Å². The molecule has 3 saturated heterocycles. The predicted molar refractivity (Wildman–Crippen MR) is 185 cm³/mol. The van der Waals surface area contributed by atoms with Crippen LogP contribution in [0.25, 0.3) is 0 Å². The summed E-state index contributed by atoms with van der Waals surface area (Å²) in [4.78, 5) is 54.9. The van der Waals surface area contributed by atoms with E-state index in [9.17, 15) is 44.7 Å². The number of carboxylic acids is 1. The first-order valence-electron chi connectivity index (χ1n) is 18.2. The Labute approximate surface area is 303 Å². The second-order valence-electron chi connectivity index (χ2n) is 14.9. The first kappa shape index (κ1) is 39.8. The number of rotatable bonds is 13. The number of likely N-dealkylation sites (tertiary alicyclic amines) is 1. The van der Waals surface area contributed by atoms with E-state index in [-0.39, 0.29) is 42.9 Å². The number of aryl methyl sites for hydroxylation is 2. The fraction of sp³-hybridized carbons (Fsp3) is 0.722. The van der Waals surface area contributed by atoms with Crippen molar-refractivity contribution in [2.24, 2.45) is 0 Å². The molecule has 1 aliphatic carbocycles. The molecule has 0 aromatic heterocycles. The lowest BCUT2D eigenvalue weighted by molar-refractivity contribution is -0.231. The number of aromatic hydroxyl groups is 1. The number of carbonyl (C=O) groups is 4. The number of morpholine rings is 1. The van der Waals surface area contributed by atoms with Gasteiger partial charge in [-0.1, -0.05) is 12.8 Å². The summed E-state index contributed by atoms with van der Waals surface area (Å²) in [6.07, 6.45) is -2.28. The maximum atomic E-state index is 13.1. The number of amides is 3. The van der Waals surface area contributed by atoms with E-state index in [1.54, 1.807) is 18.7 Å². The molecule has 4 fully saturated rings. The number of carbonyl (C=O) groups excluding carboxylic acids is 3. The van der Waals surface area contributed by atoms with Crippen LogP contribution in [0.3, 0.4) is 0 Å². The number of phenols is 1. The van der Waals surface area contributed by atoms with Crippen molar-refractivity contribution in [1.29, 1.82) is 0 Å². The molecule has 1 saturated carbocycles. The highest BCUT2D eigenvalue weighted by Crippen LogP contribution is 2.38. The summed E-state index contributed by atoms with van der Waals surface area (Å²) in [5.74, 6) is -2.60. The zero-order chi connectivity index (χ0) is 37.8. The molecule has 16 heteroatoms. The van der Waals surface area contributed by atoms with E-state index in [0.717, 1.165) is 25.7 Å². The third kappa shape index (κ3) is 8.86.